The lowest BCUT2D eigenvalue weighted by Crippen LogP contribution is -2.14. The maximum atomic E-state index is 13.5. The summed E-state index contributed by atoms with van der Waals surface area (Å²) in [6, 6.07) is 0.0524. The smallest absolute Gasteiger partial charge is 0.311 e. The minimum absolute atomic E-state index is 0.0524. The Morgan fingerprint density at radius 1 is 0.793 bits per heavy atom. The van der Waals surface area contributed by atoms with Gasteiger partial charge in [-0.3, -0.25) is 9.59 Å². The van der Waals surface area contributed by atoms with E-state index in [2.05, 4.69) is 4.74 Å². The van der Waals surface area contributed by atoms with Gasteiger partial charge in [0.1, 0.15) is 5.78 Å². The van der Waals surface area contributed by atoms with Crippen molar-refractivity contribution in [3.8, 4) is 5.75 Å². The third kappa shape index (κ3) is 7.44. The molecule has 0 aromatic heterocycles. The predicted molar refractivity (Wildman–Crippen MR) is 100 cm³/mol. The third-order valence-electron chi connectivity index (χ3n) is 5.40. The summed E-state index contributed by atoms with van der Waals surface area (Å²) in [5.74, 6) is -8.67. The van der Waals surface area contributed by atoms with Crippen LogP contribution in [0.2, 0.25) is 0 Å². The summed E-state index contributed by atoms with van der Waals surface area (Å²) < 4.78 is 57.7. The first-order valence-corrected chi connectivity index (χ1v) is 10.5. The predicted octanol–water partition coefficient (Wildman–Crippen LogP) is 6.42. The highest BCUT2D eigenvalue weighted by atomic mass is 19.2. The molecular formula is C22H28F4O3. The van der Waals surface area contributed by atoms with Crippen molar-refractivity contribution in [3.05, 3.63) is 29.3 Å². The fourth-order valence-corrected chi connectivity index (χ4v) is 3.71. The number of benzene rings is 1. The molecule has 7 heteroatoms. The molecule has 0 radical (unpaired) electrons. The number of halogens is 4. The molecule has 1 aliphatic rings. The van der Waals surface area contributed by atoms with Crippen LogP contribution in [0.5, 0.6) is 5.75 Å². The van der Waals surface area contributed by atoms with E-state index in [-0.39, 0.29) is 24.2 Å². The molecule has 0 saturated heterocycles. The first kappa shape index (κ1) is 23.4. The van der Waals surface area contributed by atoms with Crippen LogP contribution in [0.1, 0.15) is 83.5 Å². The van der Waals surface area contributed by atoms with Gasteiger partial charge in [-0.1, -0.05) is 44.9 Å². The molecule has 0 amide bonds. The Bertz CT molecular complexity index is 670. The van der Waals surface area contributed by atoms with Crippen molar-refractivity contribution < 1.29 is 31.9 Å². The molecule has 1 fully saturated rings. The topological polar surface area (TPSA) is 43.4 Å². The molecule has 0 N–H and O–H groups in total. The van der Waals surface area contributed by atoms with Gasteiger partial charge < -0.3 is 4.74 Å². The average molecular weight is 416 g/mol. The summed E-state index contributed by atoms with van der Waals surface area (Å²) in [5.41, 5.74) is 0. The number of hydrogen-bond donors (Lipinski definition) is 0. The van der Waals surface area contributed by atoms with Gasteiger partial charge in [-0.05, 0) is 25.7 Å². The molecule has 29 heavy (non-hydrogen) atoms. The first-order chi connectivity index (χ1) is 13.9. The first-order valence-electron chi connectivity index (χ1n) is 10.5. The summed E-state index contributed by atoms with van der Waals surface area (Å²) in [6.07, 6.45) is 10.8. The number of carbonyl (C=O) groups is 2. The normalized spacial score (nSPS) is 16.0. The fraction of sp³-hybridized carbons (Fsp3) is 0.636. The molecule has 1 aromatic rings. The Kier molecular flexibility index (Phi) is 9.61. The number of unbranched alkanes of at least 4 members (excludes halogenated alkanes) is 2. The second-order valence-corrected chi connectivity index (χ2v) is 7.69. The van der Waals surface area contributed by atoms with Gasteiger partial charge in [0, 0.05) is 24.8 Å². The molecule has 0 spiro atoms. The Balaban J connectivity index is 1.70. The Labute approximate surface area is 168 Å². The zero-order chi connectivity index (χ0) is 21.2. The van der Waals surface area contributed by atoms with Crippen molar-refractivity contribution in [3.63, 3.8) is 0 Å². The Morgan fingerprint density at radius 3 is 1.90 bits per heavy atom. The number of ketones is 1. The van der Waals surface area contributed by atoms with Crippen molar-refractivity contribution in [2.75, 3.05) is 0 Å². The molecule has 0 atom stereocenters. The van der Waals surface area contributed by atoms with E-state index in [0.29, 0.717) is 25.7 Å². The van der Waals surface area contributed by atoms with E-state index < -0.39 is 35.0 Å². The SMILES string of the molecule is O=C(CCCCCC(=O)C1CCCCCCCC1)Oc1c(F)c(F)cc(F)c1F. The molecule has 0 bridgehead atoms. The van der Waals surface area contributed by atoms with E-state index in [1.807, 2.05) is 0 Å². The number of carbonyl (C=O) groups excluding carboxylic acids is 2. The van der Waals surface area contributed by atoms with Crippen LogP contribution >= 0.6 is 0 Å². The standard InChI is InChI=1S/C22H28F4O3/c23-16-14-17(24)21(26)22(20(16)25)29-19(28)13-9-5-8-12-18(27)15-10-6-3-1-2-4-7-11-15/h14-15H,1-13H2. The molecule has 1 aromatic carbocycles. The highest BCUT2D eigenvalue weighted by Gasteiger charge is 2.23. The van der Waals surface area contributed by atoms with Gasteiger partial charge in [-0.25, -0.2) is 8.78 Å². The second-order valence-electron chi connectivity index (χ2n) is 7.69. The van der Waals surface area contributed by atoms with E-state index in [4.69, 9.17) is 0 Å². The van der Waals surface area contributed by atoms with Gasteiger partial charge in [0.2, 0.25) is 17.4 Å². The number of ether oxygens (including phenoxy) is 1. The lowest BCUT2D eigenvalue weighted by Gasteiger charge is -2.14. The Hall–Kier alpha value is -1.92. The van der Waals surface area contributed by atoms with E-state index in [1.165, 1.54) is 25.7 Å². The van der Waals surface area contributed by atoms with Crippen molar-refractivity contribution in [1.82, 2.24) is 0 Å². The van der Waals surface area contributed by atoms with Crippen LogP contribution in [-0.2, 0) is 9.59 Å². The zero-order valence-electron chi connectivity index (χ0n) is 16.6. The number of esters is 1. The minimum atomic E-state index is -1.74. The van der Waals surface area contributed by atoms with Gasteiger partial charge in [0.25, 0.3) is 0 Å². The number of hydrogen-bond acceptors (Lipinski definition) is 3. The molecule has 0 heterocycles. The second kappa shape index (κ2) is 11.9. The van der Waals surface area contributed by atoms with E-state index in [1.54, 1.807) is 0 Å². The quantitative estimate of drug-likeness (QED) is 0.161. The molecule has 1 aliphatic carbocycles. The van der Waals surface area contributed by atoms with E-state index >= 15 is 0 Å². The van der Waals surface area contributed by atoms with Crippen molar-refractivity contribution in [1.29, 1.82) is 0 Å². The van der Waals surface area contributed by atoms with Crippen LogP contribution in [0, 0.1) is 29.2 Å². The Morgan fingerprint density at radius 2 is 1.31 bits per heavy atom. The fourth-order valence-electron chi connectivity index (χ4n) is 3.71. The van der Waals surface area contributed by atoms with E-state index in [9.17, 15) is 27.2 Å². The van der Waals surface area contributed by atoms with Crippen molar-refractivity contribution in [2.45, 2.75) is 83.5 Å². The summed E-state index contributed by atoms with van der Waals surface area (Å²) in [7, 11) is 0. The minimum Gasteiger partial charge on any atom is -0.420 e. The van der Waals surface area contributed by atoms with Gasteiger partial charge in [0.15, 0.2) is 11.6 Å². The van der Waals surface area contributed by atoms with Crippen LogP contribution < -0.4 is 4.74 Å². The summed E-state index contributed by atoms with van der Waals surface area (Å²) in [5, 5.41) is 0. The van der Waals surface area contributed by atoms with Gasteiger partial charge in [-0.15, -0.1) is 0 Å². The highest BCUT2D eigenvalue weighted by molar-refractivity contribution is 5.80. The zero-order valence-corrected chi connectivity index (χ0v) is 16.6. The van der Waals surface area contributed by atoms with Crippen LogP contribution in [0.4, 0.5) is 17.6 Å². The molecule has 2 rings (SSSR count). The van der Waals surface area contributed by atoms with Gasteiger partial charge >= 0.3 is 5.97 Å². The lowest BCUT2D eigenvalue weighted by atomic mass is 9.90. The highest BCUT2D eigenvalue weighted by Crippen LogP contribution is 2.27. The largest absolute Gasteiger partial charge is 0.420 e. The van der Waals surface area contributed by atoms with Crippen LogP contribution in [0.15, 0.2) is 6.07 Å². The molecule has 162 valence electrons. The van der Waals surface area contributed by atoms with Crippen molar-refractivity contribution >= 4 is 11.8 Å². The number of Topliss-reactive ketones (excluding diaryl/α,β-unsaturated/α-hetero) is 1. The van der Waals surface area contributed by atoms with Gasteiger partial charge in [0.05, 0.1) is 0 Å². The van der Waals surface area contributed by atoms with Crippen molar-refractivity contribution in [2.24, 2.45) is 5.92 Å². The lowest BCUT2D eigenvalue weighted by molar-refractivity contribution is -0.135. The summed E-state index contributed by atoms with van der Waals surface area (Å²) in [6.45, 7) is 0. The third-order valence-corrected chi connectivity index (χ3v) is 5.40. The molecular weight excluding hydrogens is 388 g/mol. The van der Waals surface area contributed by atoms with Crippen LogP contribution in [0.25, 0.3) is 0 Å². The monoisotopic (exact) mass is 416 g/mol. The summed E-state index contributed by atoms with van der Waals surface area (Å²) in [4.78, 5) is 24.1. The molecule has 0 aliphatic heterocycles. The van der Waals surface area contributed by atoms with Crippen LogP contribution in [0.3, 0.4) is 0 Å². The van der Waals surface area contributed by atoms with Crippen LogP contribution in [-0.4, -0.2) is 11.8 Å². The molecule has 1 saturated carbocycles. The molecule has 0 unspecified atom stereocenters. The number of rotatable bonds is 8. The van der Waals surface area contributed by atoms with E-state index in [0.717, 1.165) is 25.7 Å². The maximum absolute atomic E-state index is 13.5. The van der Waals surface area contributed by atoms with Gasteiger partial charge in [-0.2, -0.15) is 8.78 Å². The summed E-state index contributed by atoms with van der Waals surface area (Å²) >= 11 is 0. The molecule has 3 nitrogen and oxygen atoms in total. The maximum Gasteiger partial charge on any atom is 0.311 e. The average Bonchev–Trinajstić information content (AvgIpc) is 2.83.